The van der Waals surface area contributed by atoms with Gasteiger partial charge >= 0.3 is 0 Å². The van der Waals surface area contributed by atoms with Crippen LogP contribution in [0.25, 0.3) is 26.8 Å². The lowest BCUT2D eigenvalue weighted by Gasteiger charge is -2.29. The predicted octanol–water partition coefficient (Wildman–Crippen LogP) is 4.99. The number of imidazole rings is 1. The number of H-pyrrole nitrogens is 1. The van der Waals surface area contributed by atoms with Crippen LogP contribution in [0, 0.1) is 0 Å². The summed E-state index contributed by atoms with van der Waals surface area (Å²) in [5.74, 6) is 2.69. The van der Waals surface area contributed by atoms with E-state index in [9.17, 15) is 0 Å². The number of allylic oxidation sites excluding steroid dienone is 4. The van der Waals surface area contributed by atoms with E-state index in [1.54, 1.807) is 31.0 Å². The third-order valence-electron chi connectivity index (χ3n) is 5.99. The lowest BCUT2D eigenvalue weighted by atomic mass is 10.0. The molecule has 2 aromatic heterocycles. The van der Waals surface area contributed by atoms with Crippen LogP contribution in [-0.2, 0) is 14.2 Å². The normalized spacial score (nSPS) is 18.1. The summed E-state index contributed by atoms with van der Waals surface area (Å²) < 4.78 is 23.9. The van der Waals surface area contributed by atoms with Crippen LogP contribution >= 0.6 is 11.3 Å². The second-order valence-electron chi connectivity index (χ2n) is 8.08. The number of aromatic nitrogens is 3. The molecule has 0 saturated carbocycles. The number of ether oxygens (including phenoxy) is 4. The molecule has 4 heterocycles. The van der Waals surface area contributed by atoms with Crippen molar-refractivity contribution in [2.45, 2.75) is 12.8 Å². The van der Waals surface area contributed by atoms with Gasteiger partial charge in [-0.1, -0.05) is 18.2 Å². The number of fused-ring (bicyclic) bond motifs is 1. The minimum Gasteiger partial charge on any atom is -0.494 e. The molecule has 8 nitrogen and oxygen atoms in total. The van der Waals surface area contributed by atoms with Crippen LogP contribution in [0.1, 0.15) is 18.5 Å². The van der Waals surface area contributed by atoms with Gasteiger partial charge in [0, 0.05) is 19.3 Å². The van der Waals surface area contributed by atoms with Gasteiger partial charge in [-0.15, -0.1) is 11.3 Å². The first kappa shape index (κ1) is 21.0. The lowest BCUT2D eigenvalue weighted by Crippen LogP contribution is -2.36. The van der Waals surface area contributed by atoms with E-state index in [1.165, 1.54) is 0 Å². The Labute approximate surface area is 200 Å². The number of benzene rings is 1. The maximum absolute atomic E-state index is 6.11. The SMILES string of the molecule is COc1ccc(N2CCOCC2)c2sc(-c3nc(C4=COC=C(C5=CC=CCC5)O4)c[nH]3)nc12. The highest BCUT2D eigenvalue weighted by atomic mass is 32.1. The first-order chi connectivity index (χ1) is 16.8. The molecule has 1 saturated heterocycles. The van der Waals surface area contributed by atoms with E-state index >= 15 is 0 Å². The highest BCUT2D eigenvalue weighted by Gasteiger charge is 2.22. The van der Waals surface area contributed by atoms with Gasteiger partial charge in [-0.3, -0.25) is 0 Å². The molecule has 1 fully saturated rings. The van der Waals surface area contributed by atoms with Crippen molar-refractivity contribution < 1.29 is 18.9 Å². The van der Waals surface area contributed by atoms with Gasteiger partial charge in [0.1, 0.15) is 29.5 Å². The average molecular weight is 477 g/mol. The summed E-state index contributed by atoms with van der Waals surface area (Å²) in [5.41, 5.74) is 3.75. The molecule has 2 aliphatic heterocycles. The zero-order valence-corrected chi connectivity index (χ0v) is 19.6. The molecule has 174 valence electrons. The van der Waals surface area contributed by atoms with Crippen LogP contribution < -0.4 is 9.64 Å². The Morgan fingerprint density at radius 3 is 2.82 bits per heavy atom. The third-order valence-corrected chi connectivity index (χ3v) is 7.08. The van der Waals surface area contributed by atoms with Crippen molar-refractivity contribution in [3.05, 3.63) is 66.1 Å². The Morgan fingerprint density at radius 2 is 2.00 bits per heavy atom. The fourth-order valence-corrected chi connectivity index (χ4v) is 5.31. The third kappa shape index (κ3) is 3.86. The van der Waals surface area contributed by atoms with Gasteiger partial charge < -0.3 is 28.8 Å². The topological polar surface area (TPSA) is 81.7 Å². The molecular formula is C25H24N4O4S. The van der Waals surface area contributed by atoms with Crippen molar-refractivity contribution in [1.82, 2.24) is 15.0 Å². The summed E-state index contributed by atoms with van der Waals surface area (Å²) in [6, 6.07) is 4.08. The maximum Gasteiger partial charge on any atom is 0.189 e. The minimum absolute atomic E-state index is 0.558. The lowest BCUT2D eigenvalue weighted by molar-refractivity contribution is 0.123. The van der Waals surface area contributed by atoms with Gasteiger partial charge in [0.15, 0.2) is 22.4 Å². The van der Waals surface area contributed by atoms with Crippen molar-refractivity contribution in [3.8, 4) is 16.6 Å². The van der Waals surface area contributed by atoms with Crippen molar-refractivity contribution in [2.75, 3.05) is 38.3 Å². The number of aromatic amines is 1. The van der Waals surface area contributed by atoms with Crippen molar-refractivity contribution in [3.63, 3.8) is 0 Å². The quantitative estimate of drug-likeness (QED) is 0.555. The summed E-state index contributed by atoms with van der Waals surface area (Å²) in [6.45, 7) is 3.16. The van der Waals surface area contributed by atoms with Crippen molar-refractivity contribution >= 4 is 33.0 Å². The smallest absolute Gasteiger partial charge is 0.189 e. The van der Waals surface area contributed by atoms with E-state index in [-0.39, 0.29) is 0 Å². The highest BCUT2D eigenvalue weighted by molar-refractivity contribution is 7.22. The largest absolute Gasteiger partial charge is 0.494 e. The molecule has 34 heavy (non-hydrogen) atoms. The summed E-state index contributed by atoms with van der Waals surface area (Å²) in [7, 11) is 1.67. The van der Waals surface area contributed by atoms with Crippen molar-refractivity contribution in [2.24, 2.45) is 0 Å². The summed E-state index contributed by atoms with van der Waals surface area (Å²) >= 11 is 1.60. The van der Waals surface area contributed by atoms with Crippen LogP contribution in [0.2, 0.25) is 0 Å². The van der Waals surface area contributed by atoms with E-state index in [2.05, 4.69) is 28.1 Å². The van der Waals surface area contributed by atoms with Crippen molar-refractivity contribution in [1.29, 1.82) is 0 Å². The summed E-state index contributed by atoms with van der Waals surface area (Å²) in [6.07, 6.45) is 13.2. The van der Waals surface area contributed by atoms with Gasteiger partial charge in [-0.25, -0.2) is 9.97 Å². The number of anilines is 1. The van der Waals surface area contributed by atoms with Gasteiger partial charge in [0.2, 0.25) is 0 Å². The zero-order chi connectivity index (χ0) is 22.9. The van der Waals surface area contributed by atoms with E-state index in [0.717, 1.165) is 71.4 Å². The first-order valence-corrected chi connectivity index (χ1v) is 12.1. The van der Waals surface area contributed by atoms with E-state index in [0.29, 0.717) is 23.0 Å². The summed E-state index contributed by atoms with van der Waals surface area (Å²) in [4.78, 5) is 15.2. The average Bonchev–Trinajstić information content (AvgIpc) is 3.57. The molecule has 0 atom stereocenters. The van der Waals surface area contributed by atoms with Gasteiger partial charge in [0.25, 0.3) is 0 Å². The Balaban J connectivity index is 1.30. The first-order valence-electron chi connectivity index (χ1n) is 11.3. The molecule has 0 bridgehead atoms. The molecule has 9 heteroatoms. The Bertz CT molecular complexity index is 1340. The molecular weight excluding hydrogens is 452 g/mol. The Hall–Kier alpha value is -3.56. The Kier molecular flexibility index (Phi) is 5.56. The zero-order valence-electron chi connectivity index (χ0n) is 18.7. The number of hydrogen-bond acceptors (Lipinski definition) is 8. The van der Waals surface area contributed by atoms with E-state index in [4.69, 9.17) is 28.9 Å². The van der Waals surface area contributed by atoms with Crippen LogP contribution in [0.15, 0.2) is 60.4 Å². The van der Waals surface area contributed by atoms with Gasteiger partial charge in [0.05, 0.1) is 30.7 Å². The van der Waals surface area contributed by atoms with Crippen LogP contribution in [0.3, 0.4) is 0 Å². The maximum atomic E-state index is 6.11. The molecule has 3 aliphatic rings. The van der Waals surface area contributed by atoms with Crippen LogP contribution in [0.5, 0.6) is 5.75 Å². The molecule has 1 aromatic carbocycles. The minimum atomic E-state index is 0.558. The molecule has 0 unspecified atom stereocenters. The number of morpholine rings is 1. The fourth-order valence-electron chi connectivity index (χ4n) is 4.23. The van der Waals surface area contributed by atoms with Crippen LogP contribution in [0.4, 0.5) is 5.69 Å². The number of nitrogens with zero attached hydrogens (tertiary/aromatic N) is 3. The predicted molar refractivity (Wildman–Crippen MR) is 131 cm³/mol. The summed E-state index contributed by atoms with van der Waals surface area (Å²) in [5, 5.41) is 0.786. The molecule has 1 N–H and O–H groups in total. The molecule has 0 spiro atoms. The highest BCUT2D eigenvalue weighted by Crippen LogP contribution is 2.40. The number of hydrogen-bond donors (Lipinski definition) is 1. The number of rotatable bonds is 5. The van der Waals surface area contributed by atoms with Gasteiger partial charge in [-0.05, 0) is 30.5 Å². The molecule has 1 aliphatic carbocycles. The molecule has 3 aromatic rings. The van der Waals surface area contributed by atoms with Gasteiger partial charge in [-0.2, -0.15) is 0 Å². The van der Waals surface area contributed by atoms with E-state index in [1.807, 2.05) is 18.3 Å². The fraction of sp³-hybridized carbons (Fsp3) is 0.280. The standard InChI is InChI=1S/C25H24N4O4S/c1-30-19-8-7-18(29-9-11-31-12-10-29)23-22(19)28-25(34-23)24-26-13-17(27-24)21-15-32-14-20(33-21)16-5-3-2-4-6-16/h2-3,5,7-8,13-15H,4,6,9-12H2,1H3,(H,26,27). The Morgan fingerprint density at radius 1 is 1.12 bits per heavy atom. The monoisotopic (exact) mass is 476 g/mol. The van der Waals surface area contributed by atoms with E-state index < -0.39 is 0 Å². The molecule has 0 radical (unpaired) electrons. The second-order valence-corrected chi connectivity index (χ2v) is 9.08. The second kappa shape index (κ2) is 9.00. The number of thiazole rings is 1. The van der Waals surface area contributed by atoms with Crippen LogP contribution in [-0.4, -0.2) is 48.4 Å². The number of methoxy groups -OCH3 is 1. The molecule has 6 rings (SSSR count). The molecule has 0 amide bonds. The number of nitrogens with one attached hydrogen (secondary N) is 1.